The number of aryl methyl sites for hydroxylation is 1. The third-order valence-corrected chi connectivity index (χ3v) is 5.93. The summed E-state index contributed by atoms with van der Waals surface area (Å²) < 4.78 is 6.10. The number of anilines is 1. The number of nitrogens with one attached hydrogen (secondary N) is 1. The third kappa shape index (κ3) is 3.95. The van der Waals surface area contributed by atoms with E-state index >= 15 is 0 Å². The molecule has 1 aromatic carbocycles. The van der Waals surface area contributed by atoms with E-state index in [4.69, 9.17) is 4.74 Å². The Bertz CT molecular complexity index is 439. The van der Waals surface area contributed by atoms with Crippen LogP contribution in [0.2, 0.25) is 0 Å². The number of unbranched alkanes of at least 4 members (excludes halogenated alkanes) is 1. The minimum atomic E-state index is 0.168. The van der Waals surface area contributed by atoms with Crippen molar-refractivity contribution in [1.82, 2.24) is 0 Å². The van der Waals surface area contributed by atoms with Crippen molar-refractivity contribution in [1.29, 1.82) is 0 Å². The molecule has 0 bridgehead atoms. The average molecular weight is 305 g/mol. The summed E-state index contributed by atoms with van der Waals surface area (Å²) in [5.41, 5.74) is 2.89. The first-order chi connectivity index (χ1) is 10.3. The lowest BCUT2D eigenvalue weighted by Gasteiger charge is -2.38. The van der Waals surface area contributed by atoms with Gasteiger partial charge < -0.3 is 10.1 Å². The molecule has 0 aromatic heterocycles. The zero-order chi connectivity index (χ0) is 14.5. The SMILES string of the molecule is CCCCc1ccc(NC2CCOC3(CCSC3)C2)cc1. The Morgan fingerprint density at radius 1 is 1.33 bits per heavy atom. The largest absolute Gasteiger partial charge is 0.382 e. The highest BCUT2D eigenvalue weighted by molar-refractivity contribution is 7.99. The predicted octanol–water partition coefficient (Wildman–Crippen LogP) is 4.50. The Morgan fingerprint density at radius 3 is 2.90 bits per heavy atom. The van der Waals surface area contributed by atoms with Gasteiger partial charge in [-0.05, 0) is 55.6 Å². The van der Waals surface area contributed by atoms with Crippen molar-refractivity contribution in [3.05, 3.63) is 29.8 Å². The second-order valence-electron chi connectivity index (χ2n) is 6.47. The second-order valence-corrected chi connectivity index (χ2v) is 7.57. The molecule has 0 saturated carbocycles. The molecule has 1 N–H and O–H groups in total. The molecule has 1 spiro atoms. The van der Waals surface area contributed by atoms with Crippen LogP contribution in [0, 0.1) is 0 Å². The van der Waals surface area contributed by atoms with Crippen LogP contribution in [0.15, 0.2) is 24.3 Å². The molecule has 0 radical (unpaired) electrons. The smallest absolute Gasteiger partial charge is 0.0799 e. The van der Waals surface area contributed by atoms with Crippen LogP contribution in [-0.2, 0) is 11.2 Å². The van der Waals surface area contributed by atoms with Crippen LogP contribution in [0.3, 0.4) is 0 Å². The van der Waals surface area contributed by atoms with E-state index in [1.54, 1.807) is 0 Å². The molecule has 2 aliphatic rings. The van der Waals surface area contributed by atoms with E-state index in [0.29, 0.717) is 6.04 Å². The van der Waals surface area contributed by atoms with E-state index < -0.39 is 0 Å². The lowest BCUT2D eigenvalue weighted by atomic mass is 9.89. The van der Waals surface area contributed by atoms with Gasteiger partial charge in [0.2, 0.25) is 0 Å². The average Bonchev–Trinajstić information content (AvgIpc) is 2.94. The van der Waals surface area contributed by atoms with Crippen LogP contribution in [0.1, 0.15) is 44.6 Å². The van der Waals surface area contributed by atoms with Gasteiger partial charge in [0.15, 0.2) is 0 Å². The second kappa shape index (κ2) is 7.06. The molecule has 0 aliphatic carbocycles. The van der Waals surface area contributed by atoms with Gasteiger partial charge in [0.25, 0.3) is 0 Å². The quantitative estimate of drug-likeness (QED) is 0.865. The Morgan fingerprint density at radius 2 is 2.19 bits per heavy atom. The van der Waals surface area contributed by atoms with E-state index in [2.05, 4.69) is 36.5 Å². The molecule has 0 amide bonds. The van der Waals surface area contributed by atoms with Crippen molar-refractivity contribution in [2.24, 2.45) is 0 Å². The maximum absolute atomic E-state index is 6.10. The van der Waals surface area contributed by atoms with Crippen LogP contribution in [0.5, 0.6) is 0 Å². The molecule has 2 saturated heterocycles. The fourth-order valence-electron chi connectivity index (χ4n) is 3.40. The predicted molar refractivity (Wildman–Crippen MR) is 92.3 cm³/mol. The fraction of sp³-hybridized carbons (Fsp3) is 0.667. The first kappa shape index (κ1) is 15.2. The molecule has 2 unspecified atom stereocenters. The Balaban J connectivity index is 1.55. The zero-order valence-electron chi connectivity index (χ0n) is 13.1. The zero-order valence-corrected chi connectivity index (χ0v) is 13.9. The monoisotopic (exact) mass is 305 g/mol. The molecule has 3 heteroatoms. The molecule has 2 aliphatic heterocycles. The van der Waals surface area contributed by atoms with Crippen LogP contribution in [-0.4, -0.2) is 29.8 Å². The third-order valence-electron chi connectivity index (χ3n) is 4.70. The minimum absolute atomic E-state index is 0.168. The van der Waals surface area contributed by atoms with Gasteiger partial charge in [0, 0.05) is 24.1 Å². The minimum Gasteiger partial charge on any atom is -0.382 e. The standard InChI is InChI=1S/C18H27NOS/c1-2-3-4-15-5-7-16(8-6-15)19-17-9-11-20-18(13-17)10-12-21-14-18/h5-8,17,19H,2-4,9-14H2,1H3. The fourth-order valence-corrected chi connectivity index (χ4v) is 4.78. The van der Waals surface area contributed by atoms with Gasteiger partial charge in [0.05, 0.1) is 5.60 Å². The number of thioether (sulfide) groups is 1. The number of rotatable bonds is 5. The summed E-state index contributed by atoms with van der Waals surface area (Å²) in [6.07, 6.45) is 7.27. The molecular formula is C18H27NOS. The highest BCUT2D eigenvalue weighted by atomic mass is 32.2. The van der Waals surface area contributed by atoms with Crippen LogP contribution in [0.25, 0.3) is 0 Å². The summed E-state index contributed by atoms with van der Waals surface area (Å²) in [6.45, 7) is 3.16. The highest BCUT2D eigenvalue weighted by Crippen LogP contribution is 2.38. The summed E-state index contributed by atoms with van der Waals surface area (Å²) in [6, 6.07) is 9.61. The first-order valence-corrected chi connectivity index (χ1v) is 9.52. The Labute approximate surface area is 133 Å². The molecule has 21 heavy (non-hydrogen) atoms. The van der Waals surface area contributed by atoms with Crippen LogP contribution >= 0.6 is 11.8 Å². The van der Waals surface area contributed by atoms with Crippen molar-refractivity contribution in [2.75, 3.05) is 23.4 Å². The summed E-state index contributed by atoms with van der Waals surface area (Å²) >= 11 is 2.04. The van der Waals surface area contributed by atoms with Crippen molar-refractivity contribution < 1.29 is 4.74 Å². The van der Waals surface area contributed by atoms with Gasteiger partial charge in [0.1, 0.15) is 0 Å². The maximum atomic E-state index is 6.10. The van der Waals surface area contributed by atoms with E-state index in [0.717, 1.165) is 19.4 Å². The number of hydrogen-bond acceptors (Lipinski definition) is 3. The van der Waals surface area contributed by atoms with Crippen LogP contribution < -0.4 is 5.32 Å². The van der Waals surface area contributed by atoms with Crippen molar-refractivity contribution in [3.63, 3.8) is 0 Å². The molecule has 2 atom stereocenters. The van der Waals surface area contributed by atoms with Crippen LogP contribution in [0.4, 0.5) is 5.69 Å². The van der Waals surface area contributed by atoms with Gasteiger partial charge in [-0.3, -0.25) is 0 Å². The summed E-state index contributed by atoms with van der Waals surface area (Å²) in [5, 5.41) is 3.73. The highest BCUT2D eigenvalue weighted by Gasteiger charge is 2.40. The van der Waals surface area contributed by atoms with Gasteiger partial charge in [-0.1, -0.05) is 25.5 Å². The molecule has 3 rings (SSSR count). The number of ether oxygens (including phenoxy) is 1. The van der Waals surface area contributed by atoms with E-state index in [-0.39, 0.29) is 5.60 Å². The van der Waals surface area contributed by atoms with E-state index in [9.17, 15) is 0 Å². The molecule has 1 aromatic rings. The van der Waals surface area contributed by atoms with E-state index in [1.807, 2.05) is 11.8 Å². The van der Waals surface area contributed by atoms with Gasteiger partial charge >= 0.3 is 0 Å². The van der Waals surface area contributed by atoms with Crippen molar-refractivity contribution in [2.45, 2.75) is 57.1 Å². The molecular weight excluding hydrogens is 278 g/mol. The van der Waals surface area contributed by atoms with Gasteiger partial charge in [-0.15, -0.1) is 0 Å². The lowest BCUT2D eigenvalue weighted by Crippen LogP contribution is -2.44. The number of hydrogen-bond donors (Lipinski definition) is 1. The summed E-state index contributed by atoms with van der Waals surface area (Å²) in [7, 11) is 0. The Hall–Kier alpha value is -0.670. The topological polar surface area (TPSA) is 21.3 Å². The molecule has 116 valence electrons. The van der Waals surface area contributed by atoms with Gasteiger partial charge in [-0.25, -0.2) is 0 Å². The molecule has 2 nitrogen and oxygen atoms in total. The van der Waals surface area contributed by atoms with Crippen molar-refractivity contribution >= 4 is 17.4 Å². The Kier molecular flexibility index (Phi) is 5.12. The van der Waals surface area contributed by atoms with Gasteiger partial charge in [-0.2, -0.15) is 11.8 Å². The molecule has 2 heterocycles. The first-order valence-electron chi connectivity index (χ1n) is 8.37. The number of benzene rings is 1. The summed E-state index contributed by atoms with van der Waals surface area (Å²) in [4.78, 5) is 0. The van der Waals surface area contributed by atoms with E-state index in [1.165, 1.54) is 48.4 Å². The lowest BCUT2D eigenvalue weighted by molar-refractivity contribution is -0.0628. The molecule has 2 fully saturated rings. The normalized spacial score (nSPS) is 28.9. The summed E-state index contributed by atoms with van der Waals surface area (Å²) in [5.74, 6) is 2.44. The maximum Gasteiger partial charge on any atom is 0.0799 e. The van der Waals surface area contributed by atoms with Crippen molar-refractivity contribution in [3.8, 4) is 0 Å².